The van der Waals surface area contributed by atoms with Gasteiger partial charge in [-0.05, 0) is 60.7 Å². The molecule has 4 heteroatoms. The van der Waals surface area contributed by atoms with Gasteiger partial charge in [-0.15, -0.1) is 0 Å². The first-order chi connectivity index (χ1) is 15.5. The van der Waals surface area contributed by atoms with Crippen LogP contribution in [-0.4, -0.2) is 24.9 Å². The third-order valence-corrected chi connectivity index (χ3v) is 6.50. The van der Waals surface area contributed by atoms with E-state index in [1.807, 2.05) is 54.6 Å². The molecule has 0 bridgehead atoms. The molecule has 1 fully saturated rings. The Bertz CT molecular complexity index is 1080. The smallest absolute Gasteiger partial charge is 0.140 e. The molecule has 4 nitrogen and oxygen atoms in total. The van der Waals surface area contributed by atoms with Crippen LogP contribution in [0.25, 0.3) is 0 Å². The lowest BCUT2D eigenvalue weighted by Crippen LogP contribution is -2.91. The van der Waals surface area contributed by atoms with Crippen molar-refractivity contribution in [3.63, 3.8) is 0 Å². The van der Waals surface area contributed by atoms with Crippen molar-refractivity contribution in [1.82, 2.24) is 0 Å². The van der Waals surface area contributed by atoms with Crippen molar-refractivity contribution in [3.05, 3.63) is 95.6 Å². The molecule has 0 radical (unpaired) electrons. The van der Waals surface area contributed by atoms with Crippen molar-refractivity contribution in [2.24, 2.45) is 5.92 Å². The van der Waals surface area contributed by atoms with Gasteiger partial charge >= 0.3 is 0 Å². The van der Waals surface area contributed by atoms with Crippen LogP contribution in [0.15, 0.2) is 78.9 Å². The van der Waals surface area contributed by atoms with E-state index in [1.54, 1.807) is 14.2 Å². The molecule has 3 aromatic rings. The van der Waals surface area contributed by atoms with Crippen molar-refractivity contribution in [2.45, 2.75) is 31.0 Å². The molecule has 1 aliphatic heterocycles. The molecule has 4 atom stereocenters. The third-order valence-electron chi connectivity index (χ3n) is 6.50. The first-order valence-electron chi connectivity index (χ1n) is 11.0. The van der Waals surface area contributed by atoms with E-state index in [0.29, 0.717) is 6.42 Å². The van der Waals surface area contributed by atoms with Gasteiger partial charge in [0.15, 0.2) is 0 Å². The van der Waals surface area contributed by atoms with Gasteiger partial charge in [0.05, 0.1) is 20.1 Å². The van der Waals surface area contributed by atoms with Crippen molar-refractivity contribution < 1.29 is 19.9 Å². The number of aliphatic hydroxyl groups is 1. The standard InChI is InChI=1S/C28H29NO3/c1-20-27(23-11-15-25(32-3)16-12-23)29-26(22-9-13-24(31-2)14-10-22)19-28(20,30)18-17-21-7-5-4-6-8-21/h4-16,20,26-27,29-30H,19H2,1-3H3/p+1/t20-,26+,27-,28-/m1/s1. The van der Waals surface area contributed by atoms with Gasteiger partial charge in [0.25, 0.3) is 0 Å². The highest BCUT2D eigenvalue weighted by molar-refractivity contribution is 5.38. The predicted octanol–water partition coefficient (Wildman–Crippen LogP) is 3.87. The topological polar surface area (TPSA) is 55.3 Å². The van der Waals surface area contributed by atoms with Crippen LogP contribution in [0.1, 0.15) is 42.1 Å². The number of ether oxygens (including phenoxy) is 2. The molecule has 0 aromatic heterocycles. The summed E-state index contributed by atoms with van der Waals surface area (Å²) >= 11 is 0. The minimum atomic E-state index is -1.13. The zero-order valence-corrected chi connectivity index (χ0v) is 18.8. The van der Waals surface area contributed by atoms with E-state index >= 15 is 0 Å². The van der Waals surface area contributed by atoms with Crippen LogP contribution >= 0.6 is 0 Å². The molecule has 4 rings (SSSR count). The highest BCUT2D eigenvalue weighted by Crippen LogP contribution is 2.39. The number of benzene rings is 3. The van der Waals surface area contributed by atoms with E-state index < -0.39 is 5.60 Å². The number of quaternary nitrogens is 1. The molecule has 0 unspecified atom stereocenters. The first-order valence-corrected chi connectivity index (χ1v) is 11.0. The number of hydrogen-bond acceptors (Lipinski definition) is 3. The van der Waals surface area contributed by atoms with Crippen molar-refractivity contribution in [3.8, 4) is 23.3 Å². The van der Waals surface area contributed by atoms with E-state index in [-0.39, 0.29) is 18.0 Å². The fourth-order valence-corrected chi connectivity index (χ4v) is 4.48. The quantitative estimate of drug-likeness (QED) is 0.621. The molecular formula is C28H30NO3+. The summed E-state index contributed by atoms with van der Waals surface area (Å²) in [6, 6.07) is 26.2. The van der Waals surface area contributed by atoms with Crippen LogP contribution < -0.4 is 14.8 Å². The second-order valence-electron chi connectivity index (χ2n) is 8.40. The number of hydrogen-bond donors (Lipinski definition) is 2. The molecule has 0 aliphatic carbocycles. The maximum Gasteiger partial charge on any atom is 0.140 e. The molecule has 164 valence electrons. The van der Waals surface area contributed by atoms with E-state index in [0.717, 1.165) is 28.2 Å². The summed E-state index contributed by atoms with van der Waals surface area (Å²) in [6.07, 6.45) is 0.549. The van der Waals surface area contributed by atoms with Crippen LogP contribution in [0, 0.1) is 17.8 Å². The van der Waals surface area contributed by atoms with Crippen molar-refractivity contribution in [2.75, 3.05) is 14.2 Å². The summed E-state index contributed by atoms with van der Waals surface area (Å²) in [6.45, 7) is 2.09. The maximum atomic E-state index is 11.8. The monoisotopic (exact) mass is 428 g/mol. The molecule has 0 spiro atoms. The van der Waals surface area contributed by atoms with Gasteiger partial charge < -0.3 is 19.9 Å². The second-order valence-corrected chi connectivity index (χ2v) is 8.40. The molecule has 32 heavy (non-hydrogen) atoms. The molecule has 1 heterocycles. The van der Waals surface area contributed by atoms with Gasteiger partial charge in [-0.2, -0.15) is 0 Å². The average Bonchev–Trinajstić information content (AvgIpc) is 2.85. The summed E-state index contributed by atoms with van der Waals surface area (Å²) in [5.41, 5.74) is 2.08. The van der Waals surface area contributed by atoms with Crippen LogP contribution in [0.5, 0.6) is 11.5 Å². The summed E-state index contributed by atoms with van der Waals surface area (Å²) < 4.78 is 10.7. The van der Waals surface area contributed by atoms with E-state index in [2.05, 4.69) is 48.3 Å². The Kier molecular flexibility index (Phi) is 6.50. The summed E-state index contributed by atoms with van der Waals surface area (Å²) in [5.74, 6) is 8.03. The van der Waals surface area contributed by atoms with Crippen LogP contribution in [0.3, 0.4) is 0 Å². The molecule has 3 N–H and O–H groups in total. The molecule has 0 saturated carbocycles. The average molecular weight is 429 g/mol. The minimum absolute atomic E-state index is 0.0526. The minimum Gasteiger partial charge on any atom is -0.497 e. The lowest BCUT2D eigenvalue weighted by Gasteiger charge is -2.42. The Labute approximate surface area is 190 Å². The summed E-state index contributed by atoms with van der Waals surface area (Å²) in [5, 5.41) is 14.2. The number of nitrogens with two attached hydrogens (primary N) is 1. The van der Waals surface area contributed by atoms with Gasteiger partial charge in [0, 0.05) is 23.1 Å². The van der Waals surface area contributed by atoms with Gasteiger partial charge in [-0.3, -0.25) is 0 Å². The normalized spacial score (nSPS) is 24.8. The van der Waals surface area contributed by atoms with Gasteiger partial charge in [0.2, 0.25) is 0 Å². The Morgan fingerprint density at radius 3 is 1.97 bits per heavy atom. The van der Waals surface area contributed by atoms with E-state index in [1.165, 1.54) is 0 Å². The molecular weight excluding hydrogens is 398 g/mol. The number of methoxy groups -OCH3 is 2. The predicted molar refractivity (Wildman–Crippen MR) is 125 cm³/mol. The molecule has 0 amide bonds. The Balaban J connectivity index is 1.71. The summed E-state index contributed by atoms with van der Waals surface area (Å²) in [7, 11) is 3.34. The Morgan fingerprint density at radius 1 is 0.844 bits per heavy atom. The fraction of sp³-hybridized carbons (Fsp3) is 0.286. The first kappa shape index (κ1) is 22.0. The van der Waals surface area contributed by atoms with Gasteiger partial charge in [-0.1, -0.05) is 37.0 Å². The number of piperidine rings is 1. The van der Waals surface area contributed by atoms with E-state index in [4.69, 9.17) is 9.47 Å². The Morgan fingerprint density at radius 2 is 1.41 bits per heavy atom. The zero-order valence-electron chi connectivity index (χ0n) is 18.8. The third kappa shape index (κ3) is 4.65. The Hall–Kier alpha value is -3.26. The highest BCUT2D eigenvalue weighted by Gasteiger charge is 2.48. The van der Waals surface area contributed by atoms with Crippen LogP contribution in [-0.2, 0) is 0 Å². The van der Waals surface area contributed by atoms with Crippen molar-refractivity contribution in [1.29, 1.82) is 0 Å². The van der Waals surface area contributed by atoms with Crippen molar-refractivity contribution >= 4 is 0 Å². The zero-order chi connectivity index (χ0) is 22.6. The van der Waals surface area contributed by atoms with Crippen LogP contribution in [0.4, 0.5) is 0 Å². The molecule has 1 saturated heterocycles. The number of rotatable bonds is 4. The maximum absolute atomic E-state index is 11.8. The SMILES string of the molecule is COc1ccc([C@@H]2C[C@](O)(C#Cc3ccccc3)[C@H](C)[C@H](c3ccc(OC)cc3)[NH2+]2)cc1. The highest BCUT2D eigenvalue weighted by atomic mass is 16.5. The molecule has 3 aromatic carbocycles. The summed E-state index contributed by atoms with van der Waals surface area (Å²) in [4.78, 5) is 0. The largest absolute Gasteiger partial charge is 0.497 e. The van der Waals surface area contributed by atoms with E-state index in [9.17, 15) is 5.11 Å². The fourth-order valence-electron chi connectivity index (χ4n) is 4.48. The lowest BCUT2D eigenvalue weighted by atomic mass is 9.72. The lowest BCUT2D eigenvalue weighted by molar-refractivity contribution is -0.755. The second kappa shape index (κ2) is 9.48. The van der Waals surface area contributed by atoms with Gasteiger partial charge in [-0.25, -0.2) is 0 Å². The van der Waals surface area contributed by atoms with Crippen LogP contribution in [0.2, 0.25) is 0 Å². The van der Waals surface area contributed by atoms with Gasteiger partial charge in [0.1, 0.15) is 29.2 Å². The molecule has 1 aliphatic rings.